The molecule has 1 aliphatic carbocycles. The van der Waals surface area contributed by atoms with Crippen molar-refractivity contribution in [3.63, 3.8) is 0 Å². The minimum atomic E-state index is 0.804. The van der Waals surface area contributed by atoms with Crippen molar-refractivity contribution >= 4 is 45.8 Å². The molecule has 0 aromatic heterocycles. The van der Waals surface area contributed by atoms with Crippen LogP contribution in [0.25, 0.3) is 51.3 Å². The summed E-state index contributed by atoms with van der Waals surface area (Å²) in [5.74, 6) is 0. The van der Waals surface area contributed by atoms with Gasteiger partial charge in [0.1, 0.15) is 0 Å². The van der Waals surface area contributed by atoms with Crippen LogP contribution in [0.3, 0.4) is 0 Å². The zero-order valence-electron chi connectivity index (χ0n) is 21.7. The predicted octanol–water partition coefficient (Wildman–Crippen LogP) is 8.07. The van der Waals surface area contributed by atoms with Gasteiger partial charge in [-0.15, -0.1) is 0 Å². The number of rotatable bonds is 6. The van der Waals surface area contributed by atoms with Gasteiger partial charge in [-0.1, -0.05) is 98.1 Å². The molecule has 37 heavy (non-hydrogen) atoms. The Kier molecular flexibility index (Phi) is 6.79. The van der Waals surface area contributed by atoms with Gasteiger partial charge in [0.15, 0.2) is 0 Å². The number of benzene rings is 4. The van der Waals surface area contributed by atoms with Crippen LogP contribution < -0.4 is 16.2 Å². The van der Waals surface area contributed by atoms with E-state index < -0.39 is 0 Å². The van der Waals surface area contributed by atoms with Crippen LogP contribution in [-0.4, -0.2) is 0 Å². The number of anilines is 1. The van der Waals surface area contributed by atoms with Crippen LogP contribution in [0.2, 0.25) is 0 Å². The Balaban J connectivity index is 1.73. The van der Waals surface area contributed by atoms with E-state index in [2.05, 4.69) is 106 Å². The normalized spacial score (nSPS) is 13.2. The standard InChI is InChI=1S/C36H33N/c1-5-6-15-31-26(4)35(37)20-19-34(31)36-32-16-11-10-14-29(32)23-30-22-28(17-18-33(30)36)25(3)21-24(2)27-12-8-7-9-13-27/h5-9,12-23H,1-2,10-11,37H2,3-4H3/b15-6-,25-21+. The van der Waals surface area contributed by atoms with E-state index in [9.17, 15) is 0 Å². The van der Waals surface area contributed by atoms with Gasteiger partial charge >= 0.3 is 0 Å². The summed E-state index contributed by atoms with van der Waals surface area (Å²) in [6, 6.07) is 23.7. The molecule has 2 N–H and O–H groups in total. The van der Waals surface area contributed by atoms with Crippen LogP contribution in [0, 0.1) is 6.92 Å². The van der Waals surface area contributed by atoms with Crippen LogP contribution >= 0.6 is 0 Å². The number of nitrogen functional groups attached to an aromatic ring is 1. The molecule has 0 fully saturated rings. The summed E-state index contributed by atoms with van der Waals surface area (Å²) in [5, 5.41) is 5.10. The maximum absolute atomic E-state index is 6.34. The number of hydrogen-bond acceptors (Lipinski definition) is 1. The van der Waals surface area contributed by atoms with E-state index in [1.165, 1.54) is 43.5 Å². The molecule has 1 heteroatoms. The molecule has 0 saturated carbocycles. The molecular weight excluding hydrogens is 446 g/mol. The minimum Gasteiger partial charge on any atom is -0.398 e. The number of nitrogens with two attached hydrogens (primary N) is 1. The zero-order chi connectivity index (χ0) is 25.9. The van der Waals surface area contributed by atoms with E-state index in [-0.39, 0.29) is 0 Å². The third-order valence-corrected chi connectivity index (χ3v) is 7.31. The molecule has 5 rings (SSSR count). The van der Waals surface area contributed by atoms with E-state index in [1.807, 2.05) is 24.3 Å². The Morgan fingerprint density at radius 1 is 0.919 bits per heavy atom. The van der Waals surface area contributed by atoms with Crippen molar-refractivity contribution < 1.29 is 0 Å². The van der Waals surface area contributed by atoms with Crippen molar-refractivity contribution in [3.05, 3.63) is 131 Å². The molecule has 4 aromatic rings. The van der Waals surface area contributed by atoms with Gasteiger partial charge in [0.2, 0.25) is 0 Å². The van der Waals surface area contributed by atoms with Crippen LogP contribution in [0.5, 0.6) is 0 Å². The first kappa shape index (κ1) is 24.3. The third kappa shape index (κ3) is 4.73. The Labute approximate surface area is 220 Å². The SMILES string of the molecule is C=C/C=C\c1c(-c2c3c(cc4cc(/C(C)=C/C(=C)c5ccccc5)ccc24)=CCCC=3)ccc(N)c1C. The molecule has 0 heterocycles. The van der Waals surface area contributed by atoms with Gasteiger partial charge in [-0.25, -0.2) is 0 Å². The van der Waals surface area contributed by atoms with E-state index in [0.29, 0.717) is 0 Å². The van der Waals surface area contributed by atoms with Crippen molar-refractivity contribution in [2.24, 2.45) is 0 Å². The summed E-state index contributed by atoms with van der Waals surface area (Å²) in [4.78, 5) is 0. The number of allylic oxidation sites excluding steroid dienone is 5. The summed E-state index contributed by atoms with van der Waals surface area (Å²) in [5.41, 5.74) is 16.4. The number of fused-ring (bicyclic) bond motifs is 2. The lowest BCUT2D eigenvalue weighted by Gasteiger charge is -2.17. The van der Waals surface area contributed by atoms with Crippen molar-refractivity contribution in [2.45, 2.75) is 26.7 Å². The molecule has 1 nitrogen and oxygen atoms in total. The maximum Gasteiger partial charge on any atom is 0.0350 e. The van der Waals surface area contributed by atoms with Gasteiger partial charge < -0.3 is 5.73 Å². The van der Waals surface area contributed by atoms with Crippen LogP contribution in [0.15, 0.2) is 98.1 Å². The monoisotopic (exact) mass is 479 g/mol. The minimum absolute atomic E-state index is 0.804. The van der Waals surface area contributed by atoms with Gasteiger partial charge in [0.25, 0.3) is 0 Å². The first-order valence-electron chi connectivity index (χ1n) is 12.9. The van der Waals surface area contributed by atoms with Crippen LogP contribution in [0.1, 0.15) is 42.0 Å². The lowest BCUT2D eigenvalue weighted by Crippen LogP contribution is -2.29. The molecule has 182 valence electrons. The molecule has 0 aliphatic heterocycles. The topological polar surface area (TPSA) is 26.0 Å². The summed E-state index contributed by atoms with van der Waals surface area (Å²) < 4.78 is 0. The van der Waals surface area contributed by atoms with Crippen LogP contribution in [0.4, 0.5) is 5.69 Å². The highest BCUT2D eigenvalue weighted by Crippen LogP contribution is 2.34. The third-order valence-electron chi connectivity index (χ3n) is 7.31. The highest BCUT2D eigenvalue weighted by molar-refractivity contribution is 6.01. The smallest absolute Gasteiger partial charge is 0.0350 e. The first-order chi connectivity index (χ1) is 18.0. The summed E-state index contributed by atoms with van der Waals surface area (Å²) in [6.07, 6.45) is 15.0. The van der Waals surface area contributed by atoms with E-state index in [0.717, 1.165) is 40.8 Å². The molecule has 0 bridgehead atoms. The molecule has 0 spiro atoms. The summed E-state index contributed by atoms with van der Waals surface area (Å²) in [7, 11) is 0. The second-order valence-electron chi connectivity index (χ2n) is 9.73. The molecule has 0 amide bonds. The van der Waals surface area contributed by atoms with Gasteiger partial charge in [0, 0.05) is 5.69 Å². The lowest BCUT2D eigenvalue weighted by atomic mass is 9.87. The second-order valence-corrected chi connectivity index (χ2v) is 9.73. The van der Waals surface area contributed by atoms with Gasteiger partial charge in [-0.3, -0.25) is 0 Å². The highest BCUT2D eigenvalue weighted by atomic mass is 14.6. The van der Waals surface area contributed by atoms with Crippen LogP contribution in [-0.2, 0) is 0 Å². The Hall–Kier alpha value is -4.36. The fraction of sp³-hybridized carbons (Fsp3) is 0.111. The second kappa shape index (κ2) is 10.3. The fourth-order valence-electron chi connectivity index (χ4n) is 5.26. The molecule has 0 saturated heterocycles. The molecule has 0 radical (unpaired) electrons. The Morgan fingerprint density at radius 3 is 2.49 bits per heavy atom. The molecule has 0 unspecified atom stereocenters. The summed E-state index contributed by atoms with van der Waals surface area (Å²) in [6.45, 7) is 12.4. The average molecular weight is 480 g/mol. The first-order valence-corrected chi connectivity index (χ1v) is 12.9. The molecule has 0 atom stereocenters. The van der Waals surface area contributed by atoms with Crippen molar-refractivity contribution in [1.29, 1.82) is 0 Å². The predicted molar refractivity (Wildman–Crippen MR) is 164 cm³/mol. The maximum atomic E-state index is 6.34. The van der Waals surface area contributed by atoms with Gasteiger partial charge in [-0.2, -0.15) is 0 Å². The lowest BCUT2D eigenvalue weighted by molar-refractivity contribution is 1.12. The van der Waals surface area contributed by atoms with E-state index >= 15 is 0 Å². The average Bonchev–Trinajstić information content (AvgIpc) is 2.92. The highest BCUT2D eigenvalue weighted by Gasteiger charge is 2.15. The fourth-order valence-corrected chi connectivity index (χ4v) is 5.26. The molecular formula is C36H33N. The largest absolute Gasteiger partial charge is 0.398 e. The zero-order valence-corrected chi connectivity index (χ0v) is 21.7. The van der Waals surface area contributed by atoms with Gasteiger partial charge in [-0.05, 0) is 111 Å². The molecule has 1 aliphatic rings. The van der Waals surface area contributed by atoms with Gasteiger partial charge in [0.05, 0.1) is 0 Å². The summed E-state index contributed by atoms with van der Waals surface area (Å²) >= 11 is 0. The van der Waals surface area contributed by atoms with Crippen molar-refractivity contribution in [2.75, 3.05) is 5.73 Å². The quantitative estimate of drug-likeness (QED) is 0.220. The molecule has 4 aromatic carbocycles. The van der Waals surface area contributed by atoms with E-state index in [1.54, 1.807) is 0 Å². The van der Waals surface area contributed by atoms with Crippen molar-refractivity contribution in [3.8, 4) is 11.1 Å². The Bertz CT molecular complexity index is 1710. The van der Waals surface area contributed by atoms with E-state index in [4.69, 9.17) is 5.73 Å². The Morgan fingerprint density at radius 2 is 1.70 bits per heavy atom. The number of hydrogen-bond donors (Lipinski definition) is 1. The van der Waals surface area contributed by atoms with Crippen molar-refractivity contribution in [1.82, 2.24) is 0 Å².